The maximum absolute atomic E-state index is 12.0. The first-order chi connectivity index (χ1) is 10.6. The largest absolute Gasteiger partial charge is 0.349 e. The fraction of sp³-hybridized carbons (Fsp3) is 0.267. The summed E-state index contributed by atoms with van der Waals surface area (Å²) in [6, 6.07) is 8.27. The summed E-state index contributed by atoms with van der Waals surface area (Å²) in [5.41, 5.74) is 1.23. The van der Waals surface area contributed by atoms with Crippen molar-refractivity contribution in [3.05, 3.63) is 45.8 Å². The highest BCUT2D eigenvalue weighted by Gasteiger charge is 2.08. The lowest BCUT2D eigenvalue weighted by atomic mass is 10.1. The Labute approximate surface area is 137 Å². The molecule has 1 aromatic carbocycles. The van der Waals surface area contributed by atoms with E-state index in [1.165, 1.54) is 15.6 Å². The van der Waals surface area contributed by atoms with Crippen LogP contribution >= 0.6 is 23.6 Å². The number of fused-ring (bicyclic) bond motifs is 1. The molecule has 3 aromatic rings. The highest BCUT2D eigenvalue weighted by atomic mass is 32.1. The minimum atomic E-state index is 0.0178. The van der Waals surface area contributed by atoms with Crippen LogP contribution in [-0.2, 0) is 24.8 Å². The van der Waals surface area contributed by atoms with E-state index < -0.39 is 0 Å². The third-order valence-electron chi connectivity index (χ3n) is 3.60. The molecule has 0 aliphatic heterocycles. The number of benzene rings is 1. The van der Waals surface area contributed by atoms with Gasteiger partial charge in [0.1, 0.15) is 0 Å². The molecule has 7 heteroatoms. The molecular formula is C15H16N4OS2. The number of amides is 1. The number of aromatic nitrogens is 3. The van der Waals surface area contributed by atoms with E-state index in [9.17, 15) is 4.79 Å². The van der Waals surface area contributed by atoms with Crippen molar-refractivity contribution < 1.29 is 4.79 Å². The van der Waals surface area contributed by atoms with Crippen molar-refractivity contribution in [3.8, 4) is 0 Å². The van der Waals surface area contributed by atoms with E-state index in [4.69, 9.17) is 12.2 Å². The fourth-order valence-electron chi connectivity index (χ4n) is 2.28. The fourth-order valence-corrected chi connectivity index (χ4v) is 3.43. The van der Waals surface area contributed by atoms with Gasteiger partial charge in [0, 0.05) is 18.2 Å². The van der Waals surface area contributed by atoms with Crippen LogP contribution in [0.25, 0.3) is 10.1 Å². The number of carbonyl (C=O) groups is 1. The van der Waals surface area contributed by atoms with Crippen LogP contribution in [-0.4, -0.2) is 20.7 Å². The molecule has 22 heavy (non-hydrogen) atoms. The van der Waals surface area contributed by atoms with Crippen LogP contribution in [0, 0.1) is 4.77 Å². The molecule has 2 aromatic heterocycles. The van der Waals surface area contributed by atoms with Crippen molar-refractivity contribution >= 4 is 39.5 Å². The van der Waals surface area contributed by atoms with Crippen molar-refractivity contribution in [2.75, 3.05) is 0 Å². The van der Waals surface area contributed by atoms with E-state index in [0.29, 0.717) is 17.7 Å². The molecule has 3 rings (SSSR count). The monoisotopic (exact) mass is 332 g/mol. The van der Waals surface area contributed by atoms with Crippen LogP contribution in [0.1, 0.15) is 17.8 Å². The van der Waals surface area contributed by atoms with Crippen LogP contribution in [0.4, 0.5) is 0 Å². The lowest BCUT2D eigenvalue weighted by Crippen LogP contribution is -2.24. The van der Waals surface area contributed by atoms with Gasteiger partial charge < -0.3 is 9.88 Å². The van der Waals surface area contributed by atoms with Gasteiger partial charge in [-0.2, -0.15) is 5.10 Å². The van der Waals surface area contributed by atoms with E-state index in [2.05, 4.69) is 33.0 Å². The molecule has 2 heterocycles. The molecular weight excluding hydrogens is 316 g/mol. The van der Waals surface area contributed by atoms with Crippen molar-refractivity contribution in [2.24, 2.45) is 7.05 Å². The smallest absolute Gasteiger partial charge is 0.220 e. The molecule has 114 valence electrons. The maximum atomic E-state index is 12.0. The summed E-state index contributed by atoms with van der Waals surface area (Å²) in [5, 5.41) is 13.0. The Morgan fingerprint density at radius 3 is 3.05 bits per heavy atom. The first-order valence-corrected chi connectivity index (χ1v) is 8.26. The molecule has 0 spiro atoms. The van der Waals surface area contributed by atoms with Gasteiger partial charge >= 0.3 is 0 Å². The average Bonchev–Trinajstić information content (AvgIpc) is 3.08. The molecule has 0 aliphatic rings. The lowest BCUT2D eigenvalue weighted by Gasteiger charge is -2.04. The van der Waals surface area contributed by atoms with Crippen molar-refractivity contribution in [3.63, 3.8) is 0 Å². The van der Waals surface area contributed by atoms with E-state index in [1.807, 2.05) is 19.2 Å². The first-order valence-electron chi connectivity index (χ1n) is 6.97. The number of aromatic amines is 1. The Morgan fingerprint density at radius 2 is 2.27 bits per heavy atom. The van der Waals surface area contributed by atoms with Gasteiger partial charge in [0.15, 0.2) is 10.6 Å². The number of hydrogen-bond donors (Lipinski definition) is 2. The zero-order chi connectivity index (χ0) is 15.5. The average molecular weight is 332 g/mol. The zero-order valence-electron chi connectivity index (χ0n) is 12.1. The number of H-pyrrole nitrogens is 1. The molecule has 0 atom stereocenters. The van der Waals surface area contributed by atoms with E-state index in [1.54, 1.807) is 15.9 Å². The molecule has 0 fully saturated rings. The Hall–Kier alpha value is -1.99. The topological polar surface area (TPSA) is 62.7 Å². The third kappa shape index (κ3) is 3.10. The predicted molar refractivity (Wildman–Crippen MR) is 90.4 cm³/mol. The number of thiophene rings is 1. The summed E-state index contributed by atoms with van der Waals surface area (Å²) in [4.78, 5) is 12.0. The Bertz CT molecular complexity index is 862. The molecule has 0 saturated carbocycles. The molecule has 0 bridgehead atoms. The summed E-state index contributed by atoms with van der Waals surface area (Å²) < 4.78 is 3.57. The number of nitrogens with zero attached hydrogens (tertiary/aromatic N) is 2. The van der Waals surface area contributed by atoms with Crippen molar-refractivity contribution in [1.82, 2.24) is 20.1 Å². The Morgan fingerprint density at radius 1 is 1.45 bits per heavy atom. The maximum Gasteiger partial charge on any atom is 0.220 e. The number of hydrogen-bond acceptors (Lipinski definition) is 4. The van der Waals surface area contributed by atoms with Gasteiger partial charge in [-0.1, -0.05) is 18.2 Å². The zero-order valence-corrected chi connectivity index (χ0v) is 13.8. The molecule has 5 nitrogen and oxygen atoms in total. The lowest BCUT2D eigenvalue weighted by molar-refractivity contribution is -0.121. The molecule has 1 amide bonds. The van der Waals surface area contributed by atoms with Gasteiger partial charge in [-0.3, -0.25) is 9.89 Å². The SMILES string of the molecule is Cn1c(CNC(=O)CCc2csc3ccccc23)n[nH]c1=S. The highest BCUT2D eigenvalue weighted by molar-refractivity contribution is 7.71. The van der Waals surface area contributed by atoms with Gasteiger partial charge in [-0.05, 0) is 41.0 Å². The Kier molecular flexibility index (Phi) is 4.35. The van der Waals surface area contributed by atoms with E-state index in [0.717, 1.165) is 12.2 Å². The van der Waals surface area contributed by atoms with Gasteiger partial charge in [0.05, 0.1) is 6.54 Å². The van der Waals surface area contributed by atoms with Crippen LogP contribution in [0.3, 0.4) is 0 Å². The predicted octanol–water partition coefficient (Wildman–Crippen LogP) is 2.94. The minimum Gasteiger partial charge on any atom is -0.349 e. The highest BCUT2D eigenvalue weighted by Crippen LogP contribution is 2.26. The molecule has 0 aliphatic carbocycles. The second-order valence-corrected chi connectivity index (χ2v) is 6.34. The summed E-state index contributed by atoms with van der Waals surface area (Å²) >= 11 is 6.76. The van der Waals surface area contributed by atoms with Gasteiger partial charge in [-0.25, -0.2) is 0 Å². The van der Waals surface area contributed by atoms with Crippen molar-refractivity contribution in [1.29, 1.82) is 0 Å². The number of rotatable bonds is 5. The third-order valence-corrected chi connectivity index (χ3v) is 4.98. The van der Waals surface area contributed by atoms with Gasteiger partial charge in [0.2, 0.25) is 5.91 Å². The normalized spacial score (nSPS) is 11.0. The van der Waals surface area contributed by atoms with Crippen LogP contribution in [0.2, 0.25) is 0 Å². The molecule has 2 N–H and O–H groups in total. The number of nitrogens with one attached hydrogen (secondary N) is 2. The summed E-state index contributed by atoms with van der Waals surface area (Å²) in [7, 11) is 1.82. The number of aryl methyl sites for hydroxylation is 1. The Balaban J connectivity index is 1.56. The van der Waals surface area contributed by atoms with E-state index in [-0.39, 0.29) is 5.91 Å². The molecule has 0 unspecified atom stereocenters. The first kappa shape index (κ1) is 14.9. The quantitative estimate of drug-likeness (QED) is 0.706. The minimum absolute atomic E-state index is 0.0178. The number of carbonyl (C=O) groups excluding carboxylic acids is 1. The molecule has 0 saturated heterocycles. The second kappa shape index (κ2) is 6.41. The molecule has 0 radical (unpaired) electrons. The van der Waals surface area contributed by atoms with Gasteiger partial charge in [0.25, 0.3) is 0 Å². The summed E-state index contributed by atoms with van der Waals surface area (Å²) in [6.45, 7) is 0.382. The van der Waals surface area contributed by atoms with Crippen LogP contribution in [0.5, 0.6) is 0 Å². The standard InChI is InChI=1S/C15H16N4OS2/c1-19-13(17-18-15(19)21)8-16-14(20)7-6-10-9-22-12-5-3-2-4-11(10)12/h2-5,9H,6-8H2,1H3,(H,16,20)(H,18,21). The van der Waals surface area contributed by atoms with E-state index >= 15 is 0 Å². The summed E-state index contributed by atoms with van der Waals surface area (Å²) in [6.07, 6.45) is 1.21. The van der Waals surface area contributed by atoms with Crippen LogP contribution < -0.4 is 5.32 Å². The van der Waals surface area contributed by atoms with Crippen molar-refractivity contribution in [2.45, 2.75) is 19.4 Å². The summed E-state index contributed by atoms with van der Waals surface area (Å²) in [5.74, 6) is 0.739. The van der Waals surface area contributed by atoms with Crippen LogP contribution in [0.15, 0.2) is 29.6 Å². The van der Waals surface area contributed by atoms with Gasteiger partial charge in [-0.15, -0.1) is 11.3 Å². The second-order valence-electron chi connectivity index (χ2n) is 5.04.